The molecule has 0 amide bonds. The first-order valence-electron chi connectivity index (χ1n) is 8.78. The summed E-state index contributed by atoms with van der Waals surface area (Å²) >= 11 is 7.45. The normalized spacial score (nSPS) is 14.8. The lowest BCUT2D eigenvalue weighted by Crippen LogP contribution is -2.21. The Hall–Kier alpha value is -2.85. The van der Waals surface area contributed by atoms with Crippen LogP contribution in [-0.4, -0.2) is 20.9 Å². The number of aromatic nitrogens is 3. The van der Waals surface area contributed by atoms with E-state index in [1.165, 1.54) is 35.2 Å². The molecule has 2 heterocycles. The predicted octanol–water partition coefficient (Wildman–Crippen LogP) is 5.64. The molecule has 0 bridgehead atoms. The van der Waals surface area contributed by atoms with Crippen molar-refractivity contribution in [2.75, 3.05) is 5.32 Å². The van der Waals surface area contributed by atoms with Gasteiger partial charge in [-0.15, -0.1) is 13.2 Å². The Bertz CT molecular complexity index is 1230. The molecule has 1 aromatic carbocycles. The third-order valence-electron chi connectivity index (χ3n) is 4.34. The molecule has 0 unspecified atom stereocenters. The van der Waals surface area contributed by atoms with Gasteiger partial charge >= 0.3 is 6.36 Å². The molecular formula is C19H14ClF3N4O2S. The van der Waals surface area contributed by atoms with Crippen molar-refractivity contribution in [3.05, 3.63) is 57.6 Å². The fourth-order valence-corrected chi connectivity index (χ4v) is 4.27. The van der Waals surface area contributed by atoms with Crippen LogP contribution in [0.15, 0.2) is 52.1 Å². The third-order valence-corrected chi connectivity index (χ3v) is 5.66. The van der Waals surface area contributed by atoms with Crippen LogP contribution in [-0.2, 0) is 0 Å². The molecular weight excluding hydrogens is 441 g/mol. The summed E-state index contributed by atoms with van der Waals surface area (Å²) in [6.45, 7) is 1.89. The van der Waals surface area contributed by atoms with E-state index in [1.807, 2.05) is 13.0 Å². The molecule has 1 N–H and O–H groups in total. The van der Waals surface area contributed by atoms with E-state index in [0.29, 0.717) is 32.7 Å². The number of nitrogens with one attached hydrogen (secondary N) is 1. The Balaban J connectivity index is 1.62. The van der Waals surface area contributed by atoms with Gasteiger partial charge in [0.25, 0.3) is 5.56 Å². The molecule has 1 aliphatic rings. The highest BCUT2D eigenvalue weighted by Gasteiger charge is 2.31. The topological polar surface area (TPSA) is 69.0 Å². The second kappa shape index (κ2) is 7.77. The molecule has 0 saturated heterocycles. The van der Waals surface area contributed by atoms with Crippen molar-refractivity contribution < 1.29 is 17.9 Å². The van der Waals surface area contributed by atoms with Gasteiger partial charge < -0.3 is 10.1 Å². The van der Waals surface area contributed by atoms with Crippen LogP contribution in [0.25, 0.3) is 16.0 Å². The van der Waals surface area contributed by atoms with Crippen molar-refractivity contribution in [3.63, 3.8) is 0 Å². The largest absolute Gasteiger partial charge is 0.573 e. The van der Waals surface area contributed by atoms with E-state index in [-0.39, 0.29) is 17.0 Å². The van der Waals surface area contributed by atoms with Gasteiger partial charge in [0, 0.05) is 10.7 Å². The Morgan fingerprint density at radius 1 is 1.27 bits per heavy atom. The SMILES string of the molecule is CC1=CCCC(Cl)=C1n1cnc2nc(Nc3ccc(OC(F)(F)F)cc3)sc2c1=O. The van der Waals surface area contributed by atoms with Gasteiger partial charge in [0.05, 0.1) is 5.70 Å². The Kier molecular flexibility index (Phi) is 5.29. The summed E-state index contributed by atoms with van der Waals surface area (Å²) in [6.07, 6.45) is 0.140. The molecule has 6 nitrogen and oxygen atoms in total. The van der Waals surface area contributed by atoms with Gasteiger partial charge in [0.1, 0.15) is 16.8 Å². The molecule has 0 atom stereocenters. The van der Waals surface area contributed by atoms with E-state index in [1.54, 1.807) is 0 Å². The van der Waals surface area contributed by atoms with Crippen LogP contribution in [0, 0.1) is 0 Å². The van der Waals surface area contributed by atoms with E-state index in [2.05, 4.69) is 20.0 Å². The fraction of sp³-hybridized carbons (Fsp3) is 0.211. The number of alkyl halides is 3. The third kappa shape index (κ3) is 4.19. The van der Waals surface area contributed by atoms with Gasteiger partial charge in [-0.2, -0.15) is 4.98 Å². The van der Waals surface area contributed by atoms with Gasteiger partial charge in [0.15, 0.2) is 10.8 Å². The molecule has 0 radical (unpaired) electrons. The number of allylic oxidation sites excluding steroid dienone is 4. The van der Waals surface area contributed by atoms with Crippen molar-refractivity contribution in [3.8, 4) is 5.75 Å². The number of benzene rings is 1. The molecule has 0 saturated carbocycles. The molecule has 0 aliphatic heterocycles. The average Bonchev–Trinajstić information content (AvgIpc) is 3.07. The molecule has 3 aromatic rings. The van der Waals surface area contributed by atoms with Crippen LogP contribution in [0.4, 0.5) is 24.0 Å². The summed E-state index contributed by atoms with van der Waals surface area (Å²) < 4.78 is 42.4. The Morgan fingerprint density at radius 3 is 2.67 bits per heavy atom. The van der Waals surface area contributed by atoms with Crippen molar-refractivity contribution in [1.82, 2.24) is 14.5 Å². The van der Waals surface area contributed by atoms with Crippen molar-refractivity contribution >= 4 is 49.8 Å². The molecule has 30 heavy (non-hydrogen) atoms. The summed E-state index contributed by atoms with van der Waals surface area (Å²) in [4.78, 5) is 21.5. The summed E-state index contributed by atoms with van der Waals surface area (Å²) in [5, 5.41) is 3.94. The van der Waals surface area contributed by atoms with E-state index in [9.17, 15) is 18.0 Å². The van der Waals surface area contributed by atoms with E-state index in [4.69, 9.17) is 11.6 Å². The van der Waals surface area contributed by atoms with Crippen LogP contribution in [0.5, 0.6) is 5.75 Å². The number of halogens is 4. The maximum atomic E-state index is 13.0. The molecule has 4 rings (SSSR count). The second-order valence-electron chi connectivity index (χ2n) is 6.47. The van der Waals surface area contributed by atoms with Crippen LogP contribution in [0.1, 0.15) is 19.8 Å². The quantitative estimate of drug-likeness (QED) is 0.552. The van der Waals surface area contributed by atoms with Crippen molar-refractivity contribution in [2.45, 2.75) is 26.1 Å². The first-order valence-corrected chi connectivity index (χ1v) is 9.98. The van der Waals surface area contributed by atoms with E-state index in [0.717, 1.165) is 23.3 Å². The lowest BCUT2D eigenvalue weighted by Gasteiger charge is -2.17. The summed E-state index contributed by atoms with van der Waals surface area (Å²) in [7, 11) is 0. The number of rotatable bonds is 4. The maximum Gasteiger partial charge on any atom is 0.573 e. The highest BCUT2D eigenvalue weighted by Crippen LogP contribution is 2.32. The average molecular weight is 455 g/mol. The van der Waals surface area contributed by atoms with Gasteiger partial charge in [-0.05, 0) is 49.6 Å². The predicted molar refractivity (Wildman–Crippen MR) is 110 cm³/mol. The smallest absolute Gasteiger partial charge is 0.406 e. The standard InChI is InChI=1S/C19H14ClF3N4O2S/c1-10-3-2-4-13(20)14(10)27-9-24-16-15(17(27)28)30-18(26-16)25-11-5-7-12(8-6-11)29-19(21,22)23/h3,5-9H,2,4H2,1H3,(H,25,26). The van der Waals surface area contributed by atoms with Gasteiger partial charge in [0.2, 0.25) is 0 Å². The zero-order chi connectivity index (χ0) is 21.5. The first-order chi connectivity index (χ1) is 14.2. The lowest BCUT2D eigenvalue weighted by atomic mass is 10.0. The first kappa shape index (κ1) is 20.4. The number of nitrogens with zero attached hydrogens (tertiary/aromatic N) is 3. The molecule has 0 spiro atoms. The van der Waals surface area contributed by atoms with Gasteiger partial charge in [-0.3, -0.25) is 9.36 Å². The lowest BCUT2D eigenvalue weighted by molar-refractivity contribution is -0.274. The zero-order valence-corrected chi connectivity index (χ0v) is 17.0. The van der Waals surface area contributed by atoms with Crippen molar-refractivity contribution in [1.29, 1.82) is 0 Å². The summed E-state index contributed by atoms with van der Waals surface area (Å²) in [5.41, 5.74) is 2.00. The Morgan fingerprint density at radius 2 is 2.00 bits per heavy atom. The van der Waals surface area contributed by atoms with E-state index >= 15 is 0 Å². The molecule has 2 aromatic heterocycles. The molecule has 1 aliphatic carbocycles. The second-order valence-corrected chi connectivity index (χ2v) is 7.92. The highest BCUT2D eigenvalue weighted by atomic mass is 35.5. The minimum atomic E-state index is -4.75. The fourth-order valence-electron chi connectivity index (χ4n) is 3.05. The summed E-state index contributed by atoms with van der Waals surface area (Å²) in [6, 6.07) is 5.20. The number of hydrogen-bond acceptors (Lipinski definition) is 6. The number of hydrogen-bond donors (Lipinski definition) is 1. The van der Waals surface area contributed by atoms with E-state index < -0.39 is 6.36 Å². The minimum Gasteiger partial charge on any atom is -0.406 e. The van der Waals surface area contributed by atoms with Crippen LogP contribution < -0.4 is 15.6 Å². The molecule has 0 fully saturated rings. The summed E-state index contributed by atoms with van der Waals surface area (Å²) in [5.74, 6) is -0.331. The van der Waals surface area contributed by atoms with Crippen LogP contribution in [0.2, 0.25) is 0 Å². The van der Waals surface area contributed by atoms with Gasteiger partial charge in [-0.1, -0.05) is 29.0 Å². The molecule has 156 valence electrons. The number of fused-ring (bicyclic) bond motifs is 1. The number of ether oxygens (including phenoxy) is 1. The van der Waals surface area contributed by atoms with Gasteiger partial charge in [-0.25, -0.2) is 4.98 Å². The molecule has 11 heteroatoms. The number of thiazole rings is 1. The highest BCUT2D eigenvalue weighted by molar-refractivity contribution is 7.22. The monoisotopic (exact) mass is 454 g/mol. The zero-order valence-electron chi connectivity index (χ0n) is 15.5. The van der Waals surface area contributed by atoms with Crippen LogP contribution >= 0.6 is 22.9 Å². The van der Waals surface area contributed by atoms with Crippen LogP contribution in [0.3, 0.4) is 0 Å². The Labute approximate surface area is 177 Å². The minimum absolute atomic E-state index is 0.273. The maximum absolute atomic E-state index is 13.0. The number of anilines is 2. The van der Waals surface area contributed by atoms with Crippen molar-refractivity contribution in [2.24, 2.45) is 0 Å².